The second kappa shape index (κ2) is 12.1. The molecule has 0 aromatic carbocycles. The summed E-state index contributed by atoms with van der Waals surface area (Å²) in [6.45, 7) is 17.5. The molecule has 0 aliphatic rings. The Balaban J connectivity index is 0. The molecule has 0 saturated carbocycles. The Morgan fingerprint density at radius 1 is 1.06 bits per heavy atom. The molecule has 0 saturated heterocycles. The number of aliphatic carboxylic acids is 1. The van der Waals surface area contributed by atoms with Crippen LogP contribution in [0.1, 0.15) is 60.8 Å². The van der Waals surface area contributed by atoms with Crippen LogP contribution in [-0.4, -0.2) is 25.7 Å². The third-order valence-corrected chi connectivity index (χ3v) is 17.0. The molecule has 0 aromatic heterocycles. The third kappa shape index (κ3) is 9.01. The normalized spacial score (nSPS) is 14.8. The summed E-state index contributed by atoms with van der Waals surface area (Å²) in [5.74, 6) is -1.23. The fourth-order valence-electron chi connectivity index (χ4n) is 2.16. The van der Waals surface area contributed by atoms with E-state index in [1.807, 2.05) is 0 Å². The Labute approximate surface area is 121 Å². The first kappa shape index (κ1) is 20.3. The van der Waals surface area contributed by atoms with Crippen LogP contribution in [0, 0.1) is 0 Å². The summed E-state index contributed by atoms with van der Waals surface area (Å²) in [5, 5.41) is 9.14. The summed E-state index contributed by atoms with van der Waals surface area (Å²) < 4.78 is 3.27. The first-order chi connectivity index (χ1) is 8.35. The molecule has 18 heavy (non-hydrogen) atoms. The minimum absolute atomic E-state index is 0.722. The predicted octanol–water partition coefficient (Wildman–Crippen LogP) is 3.80. The van der Waals surface area contributed by atoms with Crippen molar-refractivity contribution in [3.63, 3.8) is 0 Å². The van der Waals surface area contributed by atoms with Gasteiger partial charge in [0.2, 0.25) is 0 Å². The van der Waals surface area contributed by atoms with Crippen LogP contribution >= 0.6 is 0 Å². The number of hydrogen-bond acceptors (Lipinski definition) is 2. The molecule has 3 unspecified atom stereocenters. The van der Waals surface area contributed by atoms with Crippen LogP contribution in [0.25, 0.3) is 0 Å². The third-order valence-electron chi connectivity index (χ3n) is 3.71. The second-order valence-corrected chi connectivity index (χ2v) is 16.2. The molecule has 0 aliphatic heterocycles. The topological polar surface area (TPSA) is 40.1 Å². The SMILES string of the molecule is C=CC(=O)[O-].CC[CH](C)[Sn+]([CH](C)CC)[CH](C)CC. The summed E-state index contributed by atoms with van der Waals surface area (Å²) in [6.07, 6.45) is 4.98. The molecule has 3 heteroatoms. The molecule has 106 valence electrons. The number of carbonyl (C=O) groups excluding carboxylic acids is 1. The van der Waals surface area contributed by atoms with Gasteiger partial charge in [0.15, 0.2) is 0 Å². The van der Waals surface area contributed by atoms with E-state index in [2.05, 4.69) is 48.1 Å². The van der Waals surface area contributed by atoms with Crippen LogP contribution in [0.5, 0.6) is 0 Å². The van der Waals surface area contributed by atoms with Crippen molar-refractivity contribution in [1.82, 2.24) is 0 Å². The summed E-state index contributed by atoms with van der Waals surface area (Å²) in [6, 6.07) is 0. The zero-order valence-corrected chi connectivity index (χ0v) is 15.8. The van der Waals surface area contributed by atoms with Crippen molar-refractivity contribution in [2.75, 3.05) is 0 Å². The van der Waals surface area contributed by atoms with Gasteiger partial charge in [0, 0.05) is 0 Å². The van der Waals surface area contributed by atoms with E-state index in [0.717, 1.165) is 17.9 Å². The van der Waals surface area contributed by atoms with Crippen molar-refractivity contribution >= 4 is 25.7 Å². The van der Waals surface area contributed by atoms with Gasteiger partial charge in [-0.1, -0.05) is 6.58 Å². The molecule has 0 N–H and O–H groups in total. The van der Waals surface area contributed by atoms with Crippen molar-refractivity contribution in [3.8, 4) is 0 Å². The maximum absolute atomic E-state index is 9.14. The summed E-state index contributed by atoms with van der Waals surface area (Å²) >= 11 is -1.12. The van der Waals surface area contributed by atoms with Gasteiger partial charge < -0.3 is 9.90 Å². The standard InChI is InChI=1S/3C4H9.C3H4O2.Sn/c3*1-3-4-2;1-2-3(4)5;/h3*3H,4H2,1-2H3;2H,1H2,(H,4,5);/q;;;;+1/p-1. The van der Waals surface area contributed by atoms with Crippen LogP contribution in [0.15, 0.2) is 12.7 Å². The quantitative estimate of drug-likeness (QED) is 0.511. The van der Waals surface area contributed by atoms with Gasteiger partial charge in [0.05, 0.1) is 5.97 Å². The maximum atomic E-state index is 9.14. The number of carboxylic acid groups (broad SMARTS) is 1. The van der Waals surface area contributed by atoms with Gasteiger partial charge in [-0.2, -0.15) is 0 Å². The van der Waals surface area contributed by atoms with E-state index in [4.69, 9.17) is 9.90 Å². The summed E-state index contributed by atoms with van der Waals surface area (Å²) in [5.41, 5.74) is 0. The van der Waals surface area contributed by atoms with Gasteiger partial charge in [-0.15, -0.1) is 0 Å². The van der Waals surface area contributed by atoms with E-state index >= 15 is 0 Å². The number of carboxylic acids is 1. The van der Waals surface area contributed by atoms with Crippen LogP contribution in [0.3, 0.4) is 0 Å². The molecule has 2 nitrogen and oxygen atoms in total. The molecule has 0 aliphatic carbocycles. The van der Waals surface area contributed by atoms with Crippen molar-refractivity contribution < 1.29 is 9.90 Å². The van der Waals surface area contributed by atoms with Gasteiger partial charge in [-0.05, 0) is 6.08 Å². The van der Waals surface area contributed by atoms with Crippen molar-refractivity contribution in [3.05, 3.63) is 12.7 Å². The van der Waals surface area contributed by atoms with Crippen LogP contribution in [0.4, 0.5) is 0 Å². The van der Waals surface area contributed by atoms with E-state index in [9.17, 15) is 0 Å². The summed E-state index contributed by atoms with van der Waals surface area (Å²) in [4.78, 5) is 9.14. The Bertz CT molecular complexity index is 205. The molecule has 0 heterocycles. The van der Waals surface area contributed by atoms with Gasteiger partial charge in [0.1, 0.15) is 0 Å². The molecular weight excluding hydrogens is 331 g/mol. The molecular formula is C15H30O2Sn. The van der Waals surface area contributed by atoms with E-state index in [-0.39, 0.29) is 0 Å². The molecule has 0 fully saturated rings. The van der Waals surface area contributed by atoms with E-state index in [1.165, 1.54) is 19.3 Å². The fourth-order valence-corrected chi connectivity index (χ4v) is 14.5. The monoisotopic (exact) mass is 362 g/mol. The Morgan fingerprint density at radius 2 is 1.28 bits per heavy atom. The Kier molecular flexibility index (Phi) is 13.6. The molecule has 0 aromatic rings. The molecule has 0 spiro atoms. The molecule has 0 amide bonds. The zero-order chi connectivity index (χ0) is 14.7. The second-order valence-electron chi connectivity index (χ2n) is 4.95. The van der Waals surface area contributed by atoms with E-state index in [0.29, 0.717) is 0 Å². The Morgan fingerprint density at radius 3 is 1.39 bits per heavy atom. The first-order valence-electron chi connectivity index (χ1n) is 7.05. The average Bonchev–Trinajstić information content (AvgIpc) is 2.38. The van der Waals surface area contributed by atoms with Crippen molar-refractivity contribution in [2.24, 2.45) is 0 Å². The van der Waals surface area contributed by atoms with Crippen LogP contribution in [0.2, 0.25) is 11.8 Å². The number of hydrogen-bond donors (Lipinski definition) is 0. The fraction of sp³-hybridized carbons (Fsp3) is 0.800. The van der Waals surface area contributed by atoms with Crippen LogP contribution < -0.4 is 5.11 Å². The summed E-state index contributed by atoms with van der Waals surface area (Å²) in [7, 11) is 0. The van der Waals surface area contributed by atoms with Gasteiger partial charge in [-0.25, -0.2) is 0 Å². The zero-order valence-electron chi connectivity index (χ0n) is 13.0. The Hall–Kier alpha value is 0.00870. The molecule has 3 atom stereocenters. The van der Waals surface area contributed by atoms with Crippen molar-refractivity contribution in [2.45, 2.75) is 72.6 Å². The van der Waals surface area contributed by atoms with E-state index < -0.39 is 25.7 Å². The molecule has 0 rings (SSSR count). The first-order valence-corrected chi connectivity index (χ1v) is 12.0. The average molecular weight is 361 g/mol. The van der Waals surface area contributed by atoms with Crippen LogP contribution in [-0.2, 0) is 4.79 Å². The van der Waals surface area contributed by atoms with Gasteiger partial charge in [-0.3, -0.25) is 0 Å². The van der Waals surface area contributed by atoms with E-state index in [1.54, 1.807) is 0 Å². The predicted molar refractivity (Wildman–Crippen MR) is 80.1 cm³/mol. The van der Waals surface area contributed by atoms with Crippen molar-refractivity contribution in [1.29, 1.82) is 0 Å². The van der Waals surface area contributed by atoms with Gasteiger partial charge in [0.25, 0.3) is 0 Å². The minimum atomic E-state index is -1.23. The number of carbonyl (C=O) groups is 1. The molecule has 0 bridgehead atoms. The molecule has 0 radical (unpaired) electrons. The van der Waals surface area contributed by atoms with Gasteiger partial charge >= 0.3 is 92.4 Å². The number of rotatable bonds is 7.